The highest BCUT2D eigenvalue weighted by molar-refractivity contribution is 7.91. The van der Waals surface area contributed by atoms with E-state index in [-0.39, 0.29) is 22.4 Å². The Bertz CT molecular complexity index is 549. The van der Waals surface area contributed by atoms with E-state index in [4.69, 9.17) is 5.73 Å². The molecule has 1 aromatic rings. The number of rotatable bonds is 5. The Labute approximate surface area is 105 Å². The zero-order chi connectivity index (χ0) is 13.3. The van der Waals surface area contributed by atoms with Crippen LogP contribution in [0.4, 0.5) is 5.69 Å². The average Bonchev–Trinajstić information content (AvgIpc) is 3.12. The predicted molar refractivity (Wildman–Crippen MR) is 65.8 cm³/mol. The monoisotopic (exact) mass is 270 g/mol. The molecule has 1 aliphatic rings. The fraction of sp³-hybridized carbons (Fsp3) is 0.455. The highest BCUT2D eigenvalue weighted by Gasteiger charge is 2.32. The van der Waals surface area contributed by atoms with Crippen molar-refractivity contribution in [2.75, 3.05) is 5.75 Å². The molecule has 18 heavy (non-hydrogen) atoms. The van der Waals surface area contributed by atoms with Crippen LogP contribution in [-0.2, 0) is 9.84 Å². The molecule has 1 aromatic carbocycles. The van der Waals surface area contributed by atoms with Gasteiger partial charge in [0.15, 0.2) is 9.84 Å². The van der Waals surface area contributed by atoms with E-state index < -0.39 is 14.8 Å². The number of benzene rings is 1. The van der Waals surface area contributed by atoms with Crippen LogP contribution in [0, 0.1) is 16.0 Å². The largest absolute Gasteiger partial charge is 0.327 e. The van der Waals surface area contributed by atoms with Gasteiger partial charge in [-0.1, -0.05) is 0 Å². The van der Waals surface area contributed by atoms with Gasteiger partial charge in [0.1, 0.15) is 0 Å². The summed E-state index contributed by atoms with van der Waals surface area (Å²) in [5, 5.41) is 10.5. The minimum absolute atomic E-state index is 0.0872. The summed E-state index contributed by atoms with van der Waals surface area (Å²) in [4.78, 5) is 10.00. The lowest BCUT2D eigenvalue weighted by molar-refractivity contribution is -0.384. The van der Waals surface area contributed by atoms with Crippen molar-refractivity contribution in [3.8, 4) is 0 Å². The number of sulfone groups is 1. The van der Waals surface area contributed by atoms with Gasteiger partial charge in [0.25, 0.3) is 5.69 Å². The van der Waals surface area contributed by atoms with Gasteiger partial charge in [0, 0.05) is 18.2 Å². The molecule has 98 valence electrons. The van der Waals surface area contributed by atoms with E-state index in [9.17, 15) is 18.5 Å². The number of nitrogens with two attached hydrogens (primary N) is 1. The third-order valence-electron chi connectivity index (χ3n) is 3.05. The smallest absolute Gasteiger partial charge is 0.269 e. The first-order chi connectivity index (χ1) is 8.40. The molecule has 0 amide bonds. The van der Waals surface area contributed by atoms with Crippen molar-refractivity contribution in [3.63, 3.8) is 0 Å². The van der Waals surface area contributed by atoms with Crippen molar-refractivity contribution in [1.82, 2.24) is 0 Å². The molecular weight excluding hydrogens is 256 g/mol. The molecule has 1 aliphatic carbocycles. The summed E-state index contributed by atoms with van der Waals surface area (Å²) in [5.41, 5.74) is 5.67. The summed E-state index contributed by atoms with van der Waals surface area (Å²) in [6, 6.07) is 4.55. The number of hydrogen-bond acceptors (Lipinski definition) is 5. The van der Waals surface area contributed by atoms with Crippen LogP contribution in [0.25, 0.3) is 0 Å². The van der Waals surface area contributed by atoms with Crippen molar-refractivity contribution < 1.29 is 13.3 Å². The Morgan fingerprint density at radius 3 is 2.33 bits per heavy atom. The van der Waals surface area contributed by atoms with Crippen LogP contribution in [0.2, 0.25) is 0 Å². The average molecular weight is 270 g/mol. The van der Waals surface area contributed by atoms with E-state index >= 15 is 0 Å². The third-order valence-corrected chi connectivity index (χ3v) is 4.86. The maximum Gasteiger partial charge on any atom is 0.269 e. The van der Waals surface area contributed by atoms with Gasteiger partial charge in [0.05, 0.1) is 15.6 Å². The lowest BCUT2D eigenvalue weighted by atomic mass is 10.2. The second-order valence-corrected chi connectivity index (χ2v) is 6.57. The van der Waals surface area contributed by atoms with Crippen molar-refractivity contribution in [1.29, 1.82) is 0 Å². The molecule has 0 aromatic heterocycles. The van der Waals surface area contributed by atoms with Gasteiger partial charge in [-0.2, -0.15) is 0 Å². The molecule has 1 fully saturated rings. The Morgan fingerprint density at radius 2 is 1.89 bits per heavy atom. The van der Waals surface area contributed by atoms with E-state index in [0.29, 0.717) is 5.92 Å². The molecular formula is C11H14N2O4S. The van der Waals surface area contributed by atoms with Crippen LogP contribution in [-0.4, -0.2) is 25.1 Å². The zero-order valence-electron chi connectivity index (χ0n) is 9.65. The molecule has 6 nitrogen and oxygen atoms in total. The van der Waals surface area contributed by atoms with Crippen molar-refractivity contribution >= 4 is 15.5 Å². The standard InChI is InChI=1S/C11H14N2O4S/c12-11(8-1-2-8)7-18(16,17)10-5-3-9(4-6-10)13(14)15/h3-6,8,11H,1-2,7,12H2. The molecule has 2 N–H and O–H groups in total. The van der Waals surface area contributed by atoms with Gasteiger partial charge in [0.2, 0.25) is 0 Å². The maximum absolute atomic E-state index is 12.0. The summed E-state index contributed by atoms with van der Waals surface area (Å²) in [5.74, 6) is 0.202. The fourth-order valence-corrected chi connectivity index (χ4v) is 3.31. The van der Waals surface area contributed by atoms with Gasteiger partial charge in [-0.15, -0.1) is 0 Å². The summed E-state index contributed by atoms with van der Waals surface area (Å²) >= 11 is 0. The second-order valence-electron chi connectivity index (χ2n) is 4.53. The van der Waals surface area contributed by atoms with Crippen LogP contribution in [0.3, 0.4) is 0 Å². The molecule has 0 spiro atoms. The lowest BCUT2D eigenvalue weighted by Crippen LogP contribution is -2.31. The molecule has 0 saturated heterocycles. The number of nitro benzene ring substituents is 1. The van der Waals surface area contributed by atoms with Crippen molar-refractivity contribution in [2.45, 2.75) is 23.8 Å². The van der Waals surface area contributed by atoms with Crippen LogP contribution >= 0.6 is 0 Å². The molecule has 0 radical (unpaired) electrons. The van der Waals surface area contributed by atoms with Gasteiger partial charge in [-0.05, 0) is 30.9 Å². The molecule has 1 unspecified atom stereocenters. The molecule has 0 heterocycles. The van der Waals surface area contributed by atoms with Gasteiger partial charge in [-0.25, -0.2) is 8.42 Å². The van der Waals surface area contributed by atoms with Gasteiger partial charge in [-0.3, -0.25) is 10.1 Å². The first-order valence-electron chi connectivity index (χ1n) is 5.63. The summed E-state index contributed by atoms with van der Waals surface area (Å²) in [6.45, 7) is 0. The Hall–Kier alpha value is -1.47. The molecule has 0 bridgehead atoms. The normalized spacial score (nSPS) is 17.4. The van der Waals surface area contributed by atoms with Crippen molar-refractivity contribution in [3.05, 3.63) is 34.4 Å². The first kappa shape index (κ1) is 13.0. The van der Waals surface area contributed by atoms with Crippen LogP contribution in [0.5, 0.6) is 0 Å². The van der Waals surface area contributed by atoms with E-state index in [1.165, 1.54) is 24.3 Å². The maximum atomic E-state index is 12.0. The van der Waals surface area contributed by atoms with E-state index in [1.807, 2.05) is 0 Å². The molecule has 1 saturated carbocycles. The minimum atomic E-state index is -3.45. The highest BCUT2D eigenvalue weighted by Crippen LogP contribution is 2.32. The Balaban J connectivity index is 2.15. The van der Waals surface area contributed by atoms with Crippen molar-refractivity contribution in [2.24, 2.45) is 11.7 Å². The number of nitrogens with zero attached hydrogens (tertiary/aromatic N) is 1. The summed E-state index contributed by atoms with van der Waals surface area (Å²) < 4.78 is 24.0. The van der Waals surface area contributed by atoms with Gasteiger partial charge >= 0.3 is 0 Å². The third kappa shape index (κ3) is 2.85. The number of hydrogen-bond donors (Lipinski definition) is 1. The van der Waals surface area contributed by atoms with Crippen LogP contribution < -0.4 is 5.73 Å². The SMILES string of the molecule is NC(CS(=O)(=O)c1ccc([N+](=O)[O-])cc1)C1CC1. The van der Waals surface area contributed by atoms with Gasteiger partial charge < -0.3 is 5.73 Å². The highest BCUT2D eigenvalue weighted by atomic mass is 32.2. The summed E-state index contributed by atoms with van der Waals surface area (Å²) in [6.07, 6.45) is 1.97. The zero-order valence-corrected chi connectivity index (χ0v) is 10.5. The van der Waals surface area contributed by atoms with E-state index in [0.717, 1.165) is 12.8 Å². The topological polar surface area (TPSA) is 103 Å². The Morgan fingerprint density at radius 1 is 1.33 bits per heavy atom. The fourth-order valence-electron chi connectivity index (χ4n) is 1.79. The minimum Gasteiger partial charge on any atom is -0.327 e. The summed E-state index contributed by atoms with van der Waals surface area (Å²) in [7, 11) is -3.45. The second kappa shape index (κ2) is 4.66. The number of nitro groups is 1. The van der Waals surface area contributed by atoms with E-state index in [1.54, 1.807) is 0 Å². The first-order valence-corrected chi connectivity index (χ1v) is 7.28. The lowest BCUT2D eigenvalue weighted by Gasteiger charge is -2.10. The predicted octanol–water partition coefficient (Wildman–Crippen LogP) is 1.11. The number of non-ortho nitro benzene ring substituents is 1. The van der Waals surface area contributed by atoms with Crippen LogP contribution in [0.1, 0.15) is 12.8 Å². The molecule has 7 heteroatoms. The Kier molecular flexibility index (Phi) is 3.36. The molecule has 0 aliphatic heterocycles. The van der Waals surface area contributed by atoms with Crippen LogP contribution in [0.15, 0.2) is 29.2 Å². The van der Waals surface area contributed by atoms with E-state index in [2.05, 4.69) is 0 Å². The molecule has 1 atom stereocenters. The quantitative estimate of drug-likeness (QED) is 0.637. The molecule has 2 rings (SSSR count).